The van der Waals surface area contributed by atoms with Crippen LogP contribution >= 0.6 is 46.5 Å². The highest BCUT2D eigenvalue weighted by Crippen LogP contribution is 2.28. The fourth-order valence-electron chi connectivity index (χ4n) is 8.45. The Balaban J connectivity index is 1.42. The monoisotopic (exact) mass is 1110 g/mol. The van der Waals surface area contributed by atoms with E-state index in [9.17, 15) is 47.5 Å². The molecule has 3 heterocycles. The second-order valence-electron chi connectivity index (χ2n) is 18.8. The van der Waals surface area contributed by atoms with Crippen molar-refractivity contribution in [2.45, 2.75) is 108 Å². The Bertz CT molecular complexity index is 2500. The number of carbonyl (C=O) groups excluding carboxylic acids is 9. The first-order valence-corrected chi connectivity index (χ1v) is 28.2. The lowest BCUT2D eigenvalue weighted by Gasteiger charge is -2.30. The average molecular weight is 1110 g/mol. The summed E-state index contributed by atoms with van der Waals surface area (Å²) in [6.45, 7) is 3.69. The highest BCUT2D eigenvalue weighted by atomic mass is 35.5. The molecule has 1 aromatic heterocycles. The number of primary amides is 1. The molecule has 0 radical (unpaired) electrons. The molecule has 406 valence electrons. The normalized spacial score (nSPS) is 22.0. The molecule has 2 aliphatic rings. The maximum Gasteiger partial charge on any atom is 0.244 e. The van der Waals surface area contributed by atoms with Crippen LogP contribution in [0.1, 0.15) is 74.8 Å². The molecule has 7 amide bonds. The van der Waals surface area contributed by atoms with E-state index in [4.69, 9.17) is 28.8 Å². The molecule has 0 aliphatic carbocycles. The van der Waals surface area contributed by atoms with Crippen molar-refractivity contribution in [1.29, 1.82) is 0 Å². The van der Waals surface area contributed by atoms with Crippen LogP contribution in [0.3, 0.4) is 0 Å². The molecule has 2 aromatic carbocycles. The molecule has 0 bridgehead atoms. The van der Waals surface area contributed by atoms with Gasteiger partial charge in [0.25, 0.3) is 0 Å². The molecular formula is C51H66ClFN10O9S3. The smallest absolute Gasteiger partial charge is 0.244 e. The molecule has 2 aliphatic heterocycles. The number of carbonyl (C=O) groups is 9. The van der Waals surface area contributed by atoms with Gasteiger partial charge < -0.3 is 48.7 Å². The molecule has 0 saturated carbocycles. The second-order valence-corrected chi connectivity index (χ2v) is 22.4. The van der Waals surface area contributed by atoms with E-state index >= 15 is 0 Å². The number of amides is 7. The molecule has 3 aromatic rings. The predicted molar refractivity (Wildman–Crippen MR) is 288 cm³/mol. The van der Waals surface area contributed by atoms with Gasteiger partial charge in [-0.2, -0.15) is 11.8 Å². The minimum atomic E-state index is -1.54. The second kappa shape index (κ2) is 29.9. The summed E-state index contributed by atoms with van der Waals surface area (Å²) in [4.78, 5) is 132. The van der Waals surface area contributed by atoms with E-state index in [-0.39, 0.29) is 74.3 Å². The third-order valence-electron chi connectivity index (χ3n) is 12.5. The highest BCUT2D eigenvalue weighted by Gasteiger charge is 2.41. The third-order valence-corrected chi connectivity index (χ3v) is 15.9. The zero-order chi connectivity index (χ0) is 54.6. The number of hydrogen-bond donors (Lipinski definition) is 8. The van der Waals surface area contributed by atoms with Crippen molar-refractivity contribution in [3.63, 3.8) is 0 Å². The van der Waals surface area contributed by atoms with Crippen molar-refractivity contribution in [1.82, 2.24) is 31.5 Å². The summed E-state index contributed by atoms with van der Waals surface area (Å²) < 4.78 is 14.0. The van der Waals surface area contributed by atoms with E-state index < -0.39 is 114 Å². The fourth-order valence-corrected chi connectivity index (χ4v) is 11.4. The van der Waals surface area contributed by atoms with E-state index in [1.54, 1.807) is 38.1 Å². The van der Waals surface area contributed by atoms with Crippen LogP contribution in [0.5, 0.6) is 0 Å². The van der Waals surface area contributed by atoms with Crippen LogP contribution in [0.25, 0.3) is 0 Å². The van der Waals surface area contributed by atoms with Crippen LogP contribution in [0.15, 0.2) is 71.0 Å². The number of aliphatic imine (C=N–C) groups is 1. The van der Waals surface area contributed by atoms with Crippen molar-refractivity contribution in [3.05, 3.63) is 92.9 Å². The first-order chi connectivity index (χ1) is 35.8. The molecule has 0 unspecified atom stereocenters. The first kappa shape index (κ1) is 59.8. The van der Waals surface area contributed by atoms with Gasteiger partial charge in [0, 0.05) is 59.6 Å². The van der Waals surface area contributed by atoms with E-state index in [1.807, 2.05) is 17.5 Å². The van der Waals surface area contributed by atoms with Gasteiger partial charge in [0.1, 0.15) is 35.8 Å². The Morgan fingerprint density at radius 1 is 0.853 bits per heavy atom. The van der Waals surface area contributed by atoms with Gasteiger partial charge in [0.15, 0.2) is 11.7 Å². The van der Waals surface area contributed by atoms with E-state index in [1.165, 1.54) is 64.0 Å². The quantitative estimate of drug-likeness (QED) is 0.0549. The standard InChI is InChI=1S/C51H66ClFN10O9S3/c1-29(2)44-49(71)60-39(24-43(54)66)42(65)23-33(50(72)63-28-74-27-41(63)48(70)59-38(8-3-17-57-51(55)56)46(68)58-25-37-7-5-19-75-37)26-73-18-4-6-36(64)22-32(20-30-9-13-34(52)14-10-30)45(67)61-40(47(69)62-44)21-31-11-15-35(53)16-12-31/h5,7,9-16,19,29,32-33,38-41,44H,3-4,6,8,17-18,20-28H2,1-2H3,(H2,54,66)(H,58,68)(H,59,70)(H,60,71)(H,61,67)(H,62,69)(H4,55,56,57)/t32-,33+,38-,39+,40+,41+,44+/m1/s1. The van der Waals surface area contributed by atoms with Gasteiger partial charge >= 0.3 is 0 Å². The molecule has 2 saturated heterocycles. The van der Waals surface area contributed by atoms with Crippen molar-refractivity contribution in [3.8, 4) is 0 Å². The summed E-state index contributed by atoms with van der Waals surface area (Å²) in [5, 5.41) is 16.1. The average Bonchev–Trinajstić information content (AvgIpc) is 4.09. The van der Waals surface area contributed by atoms with Crippen LogP contribution in [-0.4, -0.2) is 124 Å². The highest BCUT2D eigenvalue weighted by molar-refractivity contribution is 7.99. The summed E-state index contributed by atoms with van der Waals surface area (Å²) in [5.74, 6) is -8.49. The van der Waals surface area contributed by atoms with Crippen LogP contribution in [-0.2, 0) is 62.5 Å². The third kappa shape index (κ3) is 19.6. The summed E-state index contributed by atoms with van der Waals surface area (Å²) >= 11 is 10.2. The number of rotatable bonds is 17. The van der Waals surface area contributed by atoms with Crippen molar-refractivity contribution in [2.24, 2.45) is 39.9 Å². The van der Waals surface area contributed by atoms with E-state index in [2.05, 4.69) is 31.6 Å². The maximum atomic E-state index is 14.7. The van der Waals surface area contributed by atoms with Crippen LogP contribution in [0.2, 0.25) is 5.02 Å². The topological polar surface area (TPSA) is 307 Å². The van der Waals surface area contributed by atoms with Gasteiger partial charge in [0.2, 0.25) is 41.4 Å². The lowest BCUT2D eigenvalue weighted by Crippen LogP contribution is -2.58. The zero-order valence-corrected chi connectivity index (χ0v) is 45.1. The van der Waals surface area contributed by atoms with Crippen LogP contribution < -0.4 is 43.8 Å². The SMILES string of the molecule is CC(C)[C@@H]1NC(=O)[C@H](Cc2ccc(F)cc2)NC(=O)[C@H](Cc2ccc(Cl)cc2)CC(=O)CCCSC[C@@H](C(=O)N2CSC[C@H]2C(=O)N[C@H](CCCN=C(N)N)C(=O)NCc2cccs2)CC(=O)[C@H](CC(N)=O)NC1=O. The van der Waals surface area contributed by atoms with Crippen LogP contribution in [0, 0.1) is 23.6 Å². The first-order valence-electron chi connectivity index (χ1n) is 24.6. The Hall–Kier alpha value is -6.04. The molecule has 7 atom stereocenters. The summed E-state index contributed by atoms with van der Waals surface area (Å²) in [6, 6.07) is 9.51. The van der Waals surface area contributed by atoms with Gasteiger partial charge in [-0.15, -0.1) is 23.1 Å². The van der Waals surface area contributed by atoms with Gasteiger partial charge in [-0.25, -0.2) is 4.39 Å². The molecule has 75 heavy (non-hydrogen) atoms. The lowest BCUT2D eigenvalue weighted by atomic mass is 9.91. The molecule has 19 nitrogen and oxygen atoms in total. The molecule has 24 heteroatoms. The van der Waals surface area contributed by atoms with E-state index in [0.29, 0.717) is 34.7 Å². The number of guanidine groups is 1. The van der Waals surface area contributed by atoms with Crippen molar-refractivity contribution in [2.75, 3.05) is 29.7 Å². The molecule has 11 N–H and O–H groups in total. The number of Topliss-reactive ketones (excluding diaryl/α,β-unsaturated/α-hetero) is 2. The summed E-state index contributed by atoms with van der Waals surface area (Å²) in [6.07, 6.45) is -0.469. The van der Waals surface area contributed by atoms with Gasteiger partial charge in [-0.1, -0.05) is 55.8 Å². The minimum Gasteiger partial charge on any atom is -0.370 e. The number of benzene rings is 2. The number of ketones is 2. The van der Waals surface area contributed by atoms with Crippen molar-refractivity contribution >= 4 is 105 Å². The number of thioether (sulfide) groups is 2. The van der Waals surface area contributed by atoms with Crippen LogP contribution in [0.4, 0.5) is 4.39 Å². The Labute approximate surface area is 453 Å². The number of nitrogens with one attached hydrogen (secondary N) is 5. The molecule has 2 fully saturated rings. The Morgan fingerprint density at radius 2 is 1.55 bits per heavy atom. The predicted octanol–water partition coefficient (Wildman–Crippen LogP) is 2.75. The van der Waals surface area contributed by atoms with Gasteiger partial charge in [-0.05, 0) is 84.2 Å². The molecule has 0 spiro atoms. The number of nitrogens with zero attached hydrogens (tertiary/aromatic N) is 2. The van der Waals surface area contributed by atoms with Gasteiger partial charge in [-0.3, -0.25) is 48.1 Å². The lowest BCUT2D eigenvalue weighted by molar-refractivity contribution is -0.143. The Morgan fingerprint density at radius 3 is 2.21 bits per heavy atom. The van der Waals surface area contributed by atoms with Crippen molar-refractivity contribution < 1.29 is 47.5 Å². The maximum absolute atomic E-state index is 14.7. The van der Waals surface area contributed by atoms with Gasteiger partial charge in [0.05, 0.1) is 30.8 Å². The molecule has 5 rings (SSSR count). The fraction of sp³-hybridized carbons (Fsp3) is 0.490. The number of nitrogens with two attached hydrogens (primary N) is 3. The Kier molecular flexibility index (Phi) is 23.8. The summed E-state index contributed by atoms with van der Waals surface area (Å²) in [5.41, 5.74) is 17.8. The summed E-state index contributed by atoms with van der Waals surface area (Å²) in [7, 11) is 0. The number of halogens is 2. The molecular weight excluding hydrogens is 1050 g/mol. The number of hydrogen-bond acceptors (Lipinski definition) is 13. The zero-order valence-electron chi connectivity index (χ0n) is 41.9. The largest absolute Gasteiger partial charge is 0.370 e. The minimum absolute atomic E-state index is 0.0335. The van der Waals surface area contributed by atoms with E-state index in [0.717, 1.165) is 4.88 Å². The number of thiophene rings is 1.